The molecule has 2 aromatic carbocycles. The van der Waals surface area contributed by atoms with E-state index in [1.807, 2.05) is 9.80 Å². The van der Waals surface area contributed by atoms with Crippen molar-refractivity contribution in [3.63, 3.8) is 0 Å². The number of halogens is 2. The first-order chi connectivity index (χ1) is 26.1. The molecule has 3 saturated heterocycles. The van der Waals surface area contributed by atoms with E-state index in [1.54, 1.807) is 6.92 Å². The minimum Gasteiger partial charge on any atom is -0.508 e. The summed E-state index contributed by atoms with van der Waals surface area (Å²) in [5.74, 6) is 2.31. The van der Waals surface area contributed by atoms with Gasteiger partial charge in [0.25, 0.3) is 0 Å². The maximum absolute atomic E-state index is 17.3. The molecule has 54 heavy (non-hydrogen) atoms. The van der Waals surface area contributed by atoms with Gasteiger partial charge in [0.05, 0.1) is 31.3 Å². The van der Waals surface area contributed by atoms with Crippen molar-refractivity contribution in [2.75, 3.05) is 51.3 Å². The molecule has 5 atom stereocenters. The molecular weight excluding hydrogens is 692 g/mol. The average Bonchev–Trinajstić information content (AvgIpc) is 4.05. The van der Waals surface area contributed by atoms with Crippen LogP contribution >= 0.6 is 0 Å². The fourth-order valence-corrected chi connectivity index (χ4v) is 9.21. The van der Waals surface area contributed by atoms with Crippen molar-refractivity contribution >= 4 is 33.4 Å². The smallest absolute Gasteiger partial charge is 0.319 e. The molecule has 5 heterocycles. The van der Waals surface area contributed by atoms with Crippen LogP contribution in [-0.4, -0.2) is 94.3 Å². The van der Waals surface area contributed by atoms with Gasteiger partial charge < -0.3 is 29.3 Å². The molecule has 3 aliphatic heterocycles. The van der Waals surface area contributed by atoms with Crippen molar-refractivity contribution in [2.45, 2.75) is 57.5 Å². The summed E-state index contributed by atoms with van der Waals surface area (Å²) in [5, 5.41) is 20.9. The first-order valence-corrected chi connectivity index (χ1v) is 18.8. The number of hydrogen-bond acceptors (Lipinski definition) is 10. The number of nitrogens with zero attached hydrogens (tertiary/aromatic N) is 7. The van der Waals surface area contributed by atoms with E-state index in [-0.39, 0.29) is 80.6 Å². The summed E-state index contributed by atoms with van der Waals surface area (Å²) < 4.78 is 44.6. The number of pyridine rings is 1. The Morgan fingerprint density at radius 2 is 1.83 bits per heavy atom. The number of phenols is 1. The summed E-state index contributed by atoms with van der Waals surface area (Å²) in [6.07, 6.45) is 10.9. The van der Waals surface area contributed by atoms with E-state index in [4.69, 9.17) is 20.9 Å². The van der Waals surface area contributed by atoms with Crippen LogP contribution in [0.1, 0.15) is 51.0 Å². The number of methoxy groups -OCH3 is 1. The third-order valence-corrected chi connectivity index (χ3v) is 12.2. The molecule has 4 unspecified atom stereocenters. The second-order valence-electron chi connectivity index (χ2n) is 16.1. The van der Waals surface area contributed by atoms with E-state index in [0.717, 1.165) is 57.2 Å². The van der Waals surface area contributed by atoms with Gasteiger partial charge in [-0.25, -0.2) is 13.8 Å². The van der Waals surface area contributed by atoms with Gasteiger partial charge in [-0.3, -0.25) is 4.79 Å². The molecule has 1 N–H and O–H groups in total. The lowest BCUT2D eigenvalue weighted by Gasteiger charge is -2.42. The van der Waals surface area contributed by atoms with Crippen molar-refractivity contribution < 1.29 is 28.2 Å². The van der Waals surface area contributed by atoms with E-state index >= 15 is 8.78 Å². The number of nitriles is 1. The van der Waals surface area contributed by atoms with Crippen LogP contribution in [0.2, 0.25) is 0 Å². The summed E-state index contributed by atoms with van der Waals surface area (Å²) in [6.45, 7) is 6.17. The number of carbonyl (C=O) groups is 1. The fourth-order valence-electron chi connectivity index (χ4n) is 9.21. The Labute approximate surface area is 311 Å². The molecule has 4 aromatic rings. The number of likely N-dealkylation sites (tertiary alicyclic amines) is 1. The second kappa shape index (κ2) is 12.9. The number of aromatic hydroxyl groups is 1. The summed E-state index contributed by atoms with van der Waals surface area (Å²) in [4.78, 5) is 34.0. The summed E-state index contributed by atoms with van der Waals surface area (Å²) in [7, 11) is 1.42. The highest BCUT2D eigenvalue weighted by Crippen LogP contribution is 2.51. The maximum Gasteiger partial charge on any atom is 0.319 e. The number of carbonyl (C=O) groups excluding carboxylic acids is 1. The largest absolute Gasteiger partial charge is 0.508 e. The number of piperidine rings is 1. The van der Waals surface area contributed by atoms with Crippen LogP contribution in [0.4, 0.5) is 14.6 Å². The lowest BCUT2D eigenvalue weighted by Crippen LogP contribution is -2.56. The van der Waals surface area contributed by atoms with Gasteiger partial charge in [0.1, 0.15) is 34.0 Å². The summed E-state index contributed by atoms with van der Waals surface area (Å²) in [5.41, 5.74) is -0.365. The Morgan fingerprint density at radius 1 is 1.09 bits per heavy atom. The number of aromatic nitrogens is 3. The fraction of sp³-hybridized carbons (Fsp3) is 0.488. The van der Waals surface area contributed by atoms with Gasteiger partial charge in [-0.15, -0.1) is 6.42 Å². The van der Waals surface area contributed by atoms with Crippen LogP contribution in [0, 0.1) is 58.5 Å². The Morgan fingerprint density at radius 3 is 2.50 bits per heavy atom. The summed E-state index contributed by atoms with van der Waals surface area (Å²) >= 11 is 0. The zero-order chi connectivity index (χ0) is 37.5. The summed E-state index contributed by atoms with van der Waals surface area (Å²) in [6, 6.07) is 7.33. The molecular formula is C41H41F2N7O4. The molecule has 278 valence electrons. The highest BCUT2D eigenvalue weighted by molar-refractivity contribution is 6.04. The minimum absolute atomic E-state index is 0.0102. The zero-order valence-electron chi connectivity index (χ0n) is 30.3. The molecule has 2 aromatic heterocycles. The first-order valence-electron chi connectivity index (χ1n) is 18.8. The standard InChI is InChI=1S/C41H41F2N7O4/c1-4-29-31(42)8-5-23-13-28(51)14-30(33(23)29)36-35(43)37-34(39(45-36)53-3)38(49-18-26-6-7-27(19-49)50(26)32(52)11-22(2)15-44)47-40(46-37)54-21-41(9-10-41)20-48-16-24-12-25(24)17-48/h1,5,8,13-14,22,24-27,51H,6-7,9-12,16-21H2,2-3H3/t22-,24?,25?,26?,27?/m0/s1. The third kappa shape index (κ3) is 5.90. The van der Waals surface area contributed by atoms with Gasteiger partial charge in [0.2, 0.25) is 11.8 Å². The van der Waals surface area contributed by atoms with Crippen molar-refractivity contribution in [1.29, 1.82) is 5.26 Å². The Hall–Kier alpha value is -5.27. The van der Waals surface area contributed by atoms with E-state index in [1.165, 1.54) is 37.8 Å². The van der Waals surface area contributed by atoms with Crippen LogP contribution < -0.4 is 14.4 Å². The number of rotatable bonds is 10. The van der Waals surface area contributed by atoms with Crippen LogP contribution in [0.3, 0.4) is 0 Å². The van der Waals surface area contributed by atoms with Crippen molar-refractivity contribution in [2.24, 2.45) is 23.2 Å². The topological polar surface area (TPSA) is 128 Å². The van der Waals surface area contributed by atoms with Crippen LogP contribution in [0.15, 0.2) is 24.3 Å². The molecule has 0 spiro atoms. The Kier molecular flexibility index (Phi) is 8.27. The van der Waals surface area contributed by atoms with Crippen molar-refractivity contribution in [1.82, 2.24) is 24.8 Å². The van der Waals surface area contributed by atoms with E-state index in [0.29, 0.717) is 30.9 Å². The molecule has 2 bridgehead atoms. The number of terminal acetylenes is 1. The van der Waals surface area contributed by atoms with Crippen LogP contribution in [-0.2, 0) is 4.79 Å². The van der Waals surface area contributed by atoms with Crippen molar-refractivity contribution in [3.05, 3.63) is 41.5 Å². The number of benzene rings is 2. The predicted octanol–water partition coefficient (Wildman–Crippen LogP) is 5.66. The van der Waals surface area contributed by atoms with E-state index < -0.39 is 17.6 Å². The average molecular weight is 734 g/mol. The molecule has 0 radical (unpaired) electrons. The van der Waals surface area contributed by atoms with Gasteiger partial charge in [0, 0.05) is 67.6 Å². The normalized spacial score (nSPS) is 24.3. The van der Waals surface area contributed by atoms with Gasteiger partial charge in [-0.05, 0) is 74.4 Å². The quantitative estimate of drug-likeness (QED) is 0.204. The molecule has 1 amide bonds. The molecule has 5 fully saturated rings. The first kappa shape index (κ1) is 34.5. The van der Waals surface area contributed by atoms with Gasteiger partial charge in [0.15, 0.2) is 5.82 Å². The monoisotopic (exact) mass is 733 g/mol. The number of phenolic OH excluding ortho intramolecular Hbond substituents is 1. The molecule has 13 heteroatoms. The highest BCUT2D eigenvalue weighted by Gasteiger charge is 2.51. The van der Waals surface area contributed by atoms with E-state index in [9.17, 15) is 15.2 Å². The van der Waals surface area contributed by atoms with Crippen LogP contribution in [0.5, 0.6) is 17.6 Å². The number of hydrogen-bond donors (Lipinski definition) is 1. The zero-order valence-corrected chi connectivity index (χ0v) is 30.3. The maximum atomic E-state index is 17.3. The molecule has 5 aliphatic rings. The van der Waals surface area contributed by atoms with Gasteiger partial charge in [-0.1, -0.05) is 12.0 Å². The van der Waals surface area contributed by atoms with Gasteiger partial charge >= 0.3 is 6.01 Å². The molecule has 2 saturated carbocycles. The van der Waals surface area contributed by atoms with Crippen LogP contribution in [0.25, 0.3) is 32.9 Å². The molecule has 9 rings (SSSR count). The number of amides is 1. The number of fused-ring (bicyclic) bond motifs is 5. The lowest BCUT2D eigenvalue weighted by molar-refractivity contribution is -0.135. The minimum atomic E-state index is -0.835. The second-order valence-corrected chi connectivity index (χ2v) is 16.1. The number of piperazine rings is 1. The predicted molar refractivity (Wildman–Crippen MR) is 197 cm³/mol. The molecule has 2 aliphatic carbocycles. The SMILES string of the molecule is C#Cc1c(F)ccc2cc(O)cc(-c3nc(OC)c4c(N5CC6CCC(C5)N6C(=O)C[C@H](C)C#N)nc(OCC5(CN6CC7CC7C6)CC5)nc4c3F)c12. The molecule has 11 nitrogen and oxygen atoms in total. The third-order valence-electron chi connectivity index (χ3n) is 12.2. The van der Waals surface area contributed by atoms with Gasteiger partial charge in [-0.2, -0.15) is 15.2 Å². The Bertz CT molecular complexity index is 2280. The number of ether oxygens (including phenoxy) is 2. The van der Waals surface area contributed by atoms with Crippen molar-refractivity contribution in [3.8, 4) is 47.3 Å². The van der Waals surface area contributed by atoms with E-state index in [2.05, 4.69) is 26.9 Å². The highest BCUT2D eigenvalue weighted by atomic mass is 19.1. The Balaban J connectivity index is 1.14. The lowest BCUT2D eigenvalue weighted by atomic mass is 9.95. The number of anilines is 1.